The van der Waals surface area contributed by atoms with Gasteiger partial charge in [-0.3, -0.25) is 4.98 Å². The molecule has 0 aliphatic heterocycles. The molecule has 1 aromatic heterocycles. The molecule has 1 heterocycles. The number of nitrogens with two attached hydrogens (primary N) is 2. The summed E-state index contributed by atoms with van der Waals surface area (Å²) in [7, 11) is 0. The van der Waals surface area contributed by atoms with Crippen LogP contribution in [-0.4, -0.2) is 10.5 Å². The molecule has 3 heteroatoms. The topological polar surface area (TPSA) is 64.9 Å². The van der Waals surface area contributed by atoms with Gasteiger partial charge in [-0.25, -0.2) is 0 Å². The molecular formula is C14H25N3. The fourth-order valence-electron chi connectivity index (χ4n) is 1.94. The van der Waals surface area contributed by atoms with E-state index in [2.05, 4.69) is 18.8 Å². The summed E-state index contributed by atoms with van der Waals surface area (Å²) in [6, 6.07) is 5.84. The van der Waals surface area contributed by atoms with Crippen molar-refractivity contribution in [2.24, 2.45) is 16.9 Å². The number of aromatic nitrogens is 1. The van der Waals surface area contributed by atoms with Gasteiger partial charge in [0.15, 0.2) is 0 Å². The molecule has 4 N–H and O–H groups in total. The van der Waals surface area contributed by atoms with Gasteiger partial charge in [-0.05, 0) is 44.7 Å². The number of nitrogens with zero attached hydrogens (tertiary/aromatic N) is 1. The molecule has 0 aliphatic carbocycles. The van der Waals surface area contributed by atoms with E-state index in [9.17, 15) is 0 Å². The van der Waals surface area contributed by atoms with Crippen LogP contribution in [0.3, 0.4) is 0 Å². The van der Waals surface area contributed by atoms with Crippen LogP contribution in [-0.2, 0) is 5.54 Å². The molecule has 1 rings (SSSR count). The molecular weight excluding hydrogens is 210 g/mol. The van der Waals surface area contributed by atoms with Crippen LogP contribution in [0.2, 0.25) is 0 Å². The maximum absolute atomic E-state index is 6.40. The monoisotopic (exact) mass is 235 g/mol. The summed E-state index contributed by atoms with van der Waals surface area (Å²) in [5.74, 6) is 0. The molecule has 17 heavy (non-hydrogen) atoms. The summed E-state index contributed by atoms with van der Waals surface area (Å²) in [5.41, 5.74) is 12.7. The van der Waals surface area contributed by atoms with Crippen molar-refractivity contribution >= 4 is 0 Å². The average molecular weight is 235 g/mol. The number of hydrogen-bond donors (Lipinski definition) is 2. The highest BCUT2D eigenvalue weighted by atomic mass is 14.8. The molecule has 1 atom stereocenters. The standard InChI is InChI=1S/C14H25N3/c1-12(2,13(3,4)15)10-14(5,16)11-8-6-7-9-17-11/h6-9H,10,15-16H2,1-5H3. The molecule has 3 nitrogen and oxygen atoms in total. The van der Waals surface area contributed by atoms with Crippen molar-refractivity contribution in [3.05, 3.63) is 30.1 Å². The normalized spacial score (nSPS) is 16.6. The number of pyridine rings is 1. The molecule has 0 saturated carbocycles. The largest absolute Gasteiger partial charge is 0.325 e. The maximum atomic E-state index is 6.40. The van der Waals surface area contributed by atoms with Crippen LogP contribution in [0, 0.1) is 5.41 Å². The van der Waals surface area contributed by atoms with Gasteiger partial charge in [0.2, 0.25) is 0 Å². The zero-order valence-electron chi connectivity index (χ0n) is 11.6. The van der Waals surface area contributed by atoms with Crippen molar-refractivity contribution in [1.29, 1.82) is 0 Å². The third-order valence-corrected chi connectivity index (χ3v) is 3.80. The summed E-state index contributed by atoms with van der Waals surface area (Å²) in [5, 5.41) is 0. The van der Waals surface area contributed by atoms with Crippen LogP contribution >= 0.6 is 0 Å². The molecule has 0 saturated heterocycles. The quantitative estimate of drug-likeness (QED) is 0.842. The van der Waals surface area contributed by atoms with E-state index in [4.69, 9.17) is 11.5 Å². The second-order valence-electron chi connectivity index (χ2n) is 6.41. The van der Waals surface area contributed by atoms with Gasteiger partial charge in [-0.15, -0.1) is 0 Å². The van der Waals surface area contributed by atoms with E-state index in [1.54, 1.807) is 6.20 Å². The summed E-state index contributed by atoms with van der Waals surface area (Å²) >= 11 is 0. The minimum atomic E-state index is -0.457. The molecule has 0 radical (unpaired) electrons. The highest BCUT2D eigenvalue weighted by Crippen LogP contribution is 2.38. The summed E-state index contributed by atoms with van der Waals surface area (Å²) in [6.07, 6.45) is 2.57. The Bertz CT molecular complexity index is 361. The second kappa shape index (κ2) is 4.39. The van der Waals surface area contributed by atoms with E-state index < -0.39 is 5.54 Å². The number of hydrogen-bond acceptors (Lipinski definition) is 3. The van der Waals surface area contributed by atoms with Crippen LogP contribution in [0.4, 0.5) is 0 Å². The van der Waals surface area contributed by atoms with Crippen molar-refractivity contribution in [3.63, 3.8) is 0 Å². The predicted octanol–water partition coefficient (Wildman–Crippen LogP) is 2.41. The van der Waals surface area contributed by atoms with E-state index >= 15 is 0 Å². The smallest absolute Gasteiger partial charge is 0.0599 e. The minimum absolute atomic E-state index is 0.0615. The van der Waals surface area contributed by atoms with Crippen LogP contribution in [0.1, 0.15) is 46.7 Å². The van der Waals surface area contributed by atoms with Crippen molar-refractivity contribution in [2.45, 2.75) is 52.1 Å². The third kappa shape index (κ3) is 3.27. The van der Waals surface area contributed by atoms with E-state index in [0.29, 0.717) is 0 Å². The second-order valence-corrected chi connectivity index (χ2v) is 6.41. The lowest BCUT2D eigenvalue weighted by molar-refractivity contribution is 0.142. The molecule has 0 aliphatic rings. The first-order valence-corrected chi connectivity index (χ1v) is 6.05. The Hall–Kier alpha value is -0.930. The van der Waals surface area contributed by atoms with Gasteiger partial charge in [-0.1, -0.05) is 19.9 Å². The first-order chi connectivity index (χ1) is 7.56. The van der Waals surface area contributed by atoms with Gasteiger partial charge < -0.3 is 11.5 Å². The highest BCUT2D eigenvalue weighted by Gasteiger charge is 2.39. The fourth-order valence-corrected chi connectivity index (χ4v) is 1.94. The van der Waals surface area contributed by atoms with Gasteiger partial charge in [0.1, 0.15) is 0 Å². The van der Waals surface area contributed by atoms with E-state index in [1.807, 2.05) is 39.0 Å². The molecule has 0 aromatic carbocycles. The van der Waals surface area contributed by atoms with Crippen molar-refractivity contribution in [2.75, 3.05) is 0 Å². The Balaban J connectivity index is 2.95. The Labute approximate surface area is 105 Å². The average Bonchev–Trinajstić information content (AvgIpc) is 2.15. The van der Waals surface area contributed by atoms with Crippen molar-refractivity contribution in [3.8, 4) is 0 Å². The molecule has 0 amide bonds. The summed E-state index contributed by atoms with van der Waals surface area (Å²) in [6.45, 7) is 10.4. The first-order valence-electron chi connectivity index (χ1n) is 6.05. The van der Waals surface area contributed by atoms with Crippen LogP contribution < -0.4 is 11.5 Å². The van der Waals surface area contributed by atoms with E-state index in [0.717, 1.165) is 12.1 Å². The van der Waals surface area contributed by atoms with Crippen LogP contribution in [0.25, 0.3) is 0 Å². The maximum Gasteiger partial charge on any atom is 0.0599 e. The fraction of sp³-hybridized carbons (Fsp3) is 0.643. The lowest BCUT2D eigenvalue weighted by Crippen LogP contribution is -2.52. The van der Waals surface area contributed by atoms with Crippen LogP contribution in [0.5, 0.6) is 0 Å². The van der Waals surface area contributed by atoms with Gasteiger partial charge in [0.25, 0.3) is 0 Å². The van der Waals surface area contributed by atoms with Gasteiger partial charge >= 0.3 is 0 Å². The molecule has 1 unspecified atom stereocenters. The Kier molecular flexibility index (Phi) is 3.65. The predicted molar refractivity (Wildman–Crippen MR) is 72.4 cm³/mol. The van der Waals surface area contributed by atoms with Crippen molar-refractivity contribution in [1.82, 2.24) is 4.98 Å². The zero-order valence-corrected chi connectivity index (χ0v) is 11.6. The highest BCUT2D eigenvalue weighted by molar-refractivity contribution is 5.15. The molecule has 1 aromatic rings. The van der Waals surface area contributed by atoms with E-state index in [-0.39, 0.29) is 11.0 Å². The van der Waals surface area contributed by atoms with Gasteiger partial charge in [0.05, 0.1) is 11.2 Å². The van der Waals surface area contributed by atoms with Gasteiger partial charge in [-0.2, -0.15) is 0 Å². The minimum Gasteiger partial charge on any atom is -0.325 e. The lowest BCUT2D eigenvalue weighted by atomic mass is 9.67. The van der Waals surface area contributed by atoms with Crippen molar-refractivity contribution < 1.29 is 0 Å². The third-order valence-electron chi connectivity index (χ3n) is 3.80. The Morgan fingerprint density at radius 2 is 1.65 bits per heavy atom. The molecule has 96 valence electrons. The summed E-state index contributed by atoms with van der Waals surface area (Å²) in [4.78, 5) is 4.35. The Morgan fingerprint density at radius 1 is 1.06 bits per heavy atom. The Morgan fingerprint density at radius 3 is 2.06 bits per heavy atom. The van der Waals surface area contributed by atoms with Gasteiger partial charge in [0, 0.05) is 11.7 Å². The van der Waals surface area contributed by atoms with Crippen LogP contribution in [0.15, 0.2) is 24.4 Å². The van der Waals surface area contributed by atoms with E-state index in [1.165, 1.54) is 0 Å². The first kappa shape index (κ1) is 14.1. The molecule has 0 fully saturated rings. The summed E-state index contributed by atoms with van der Waals surface area (Å²) < 4.78 is 0. The molecule has 0 bridgehead atoms. The lowest BCUT2D eigenvalue weighted by Gasteiger charge is -2.43. The SMILES string of the molecule is CC(N)(CC(C)(C)C(C)(C)N)c1ccccn1. The molecule has 0 spiro atoms. The zero-order chi connectivity index (χ0) is 13.3. The number of rotatable bonds is 4.